The van der Waals surface area contributed by atoms with E-state index >= 15 is 0 Å². The Bertz CT molecular complexity index is 256. The predicted octanol–water partition coefficient (Wildman–Crippen LogP) is 1.54. The third kappa shape index (κ3) is 7.09. The van der Waals surface area contributed by atoms with Crippen molar-refractivity contribution in [2.45, 2.75) is 40.2 Å². The fourth-order valence-corrected chi connectivity index (χ4v) is 1.22. The number of nitrogens with zero attached hydrogens (tertiary/aromatic N) is 1. The fraction of sp³-hybridized carbons (Fsp3) is 0.818. The van der Waals surface area contributed by atoms with E-state index < -0.39 is 5.97 Å². The van der Waals surface area contributed by atoms with Gasteiger partial charge in [-0.3, -0.25) is 4.79 Å². The summed E-state index contributed by atoms with van der Waals surface area (Å²) in [7, 11) is 0. The second kappa shape index (κ2) is 5.72. The zero-order chi connectivity index (χ0) is 12.9. The second-order valence-electron chi connectivity index (χ2n) is 5.35. The van der Waals surface area contributed by atoms with E-state index in [1.54, 1.807) is 0 Å². The van der Waals surface area contributed by atoms with E-state index in [4.69, 9.17) is 5.11 Å². The van der Waals surface area contributed by atoms with Crippen molar-refractivity contribution < 1.29 is 14.7 Å². The van der Waals surface area contributed by atoms with Gasteiger partial charge in [-0.05, 0) is 26.7 Å². The smallest absolute Gasteiger partial charge is 0.323 e. The van der Waals surface area contributed by atoms with Gasteiger partial charge in [-0.25, -0.2) is 4.79 Å². The van der Waals surface area contributed by atoms with Crippen molar-refractivity contribution in [1.29, 1.82) is 0 Å². The van der Waals surface area contributed by atoms with Crippen molar-refractivity contribution in [2.24, 2.45) is 5.92 Å². The van der Waals surface area contributed by atoms with Crippen LogP contribution in [-0.2, 0) is 4.79 Å². The third-order valence-electron chi connectivity index (χ3n) is 1.68. The lowest BCUT2D eigenvalue weighted by Crippen LogP contribution is -2.50. The van der Waals surface area contributed by atoms with Crippen LogP contribution < -0.4 is 5.32 Å². The van der Waals surface area contributed by atoms with Crippen LogP contribution in [-0.4, -0.2) is 40.6 Å². The molecular formula is C11H22N2O3. The number of amides is 2. The first-order valence-corrected chi connectivity index (χ1v) is 5.40. The van der Waals surface area contributed by atoms with Gasteiger partial charge in [0.05, 0.1) is 0 Å². The SMILES string of the molecule is CC(C)CN(CC(=O)O)C(=O)NC(C)(C)C. The van der Waals surface area contributed by atoms with Crippen LogP contribution in [0.5, 0.6) is 0 Å². The van der Waals surface area contributed by atoms with E-state index in [2.05, 4.69) is 5.32 Å². The fourth-order valence-electron chi connectivity index (χ4n) is 1.22. The third-order valence-corrected chi connectivity index (χ3v) is 1.68. The van der Waals surface area contributed by atoms with Gasteiger partial charge in [0.15, 0.2) is 0 Å². The van der Waals surface area contributed by atoms with Gasteiger partial charge in [0.2, 0.25) is 0 Å². The van der Waals surface area contributed by atoms with Crippen molar-refractivity contribution in [2.75, 3.05) is 13.1 Å². The number of rotatable bonds is 4. The molecule has 0 saturated carbocycles. The number of carbonyl (C=O) groups is 2. The summed E-state index contributed by atoms with van der Waals surface area (Å²) in [6.45, 7) is 9.64. The van der Waals surface area contributed by atoms with Crippen molar-refractivity contribution >= 4 is 12.0 Å². The van der Waals surface area contributed by atoms with Gasteiger partial charge < -0.3 is 15.3 Å². The van der Waals surface area contributed by atoms with E-state index in [9.17, 15) is 9.59 Å². The average molecular weight is 230 g/mol. The highest BCUT2D eigenvalue weighted by Crippen LogP contribution is 2.04. The Balaban J connectivity index is 4.49. The van der Waals surface area contributed by atoms with Crippen LogP contribution in [0.3, 0.4) is 0 Å². The molecule has 0 heterocycles. The average Bonchev–Trinajstić information content (AvgIpc) is 1.97. The van der Waals surface area contributed by atoms with E-state index in [-0.39, 0.29) is 24.0 Å². The first kappa shape index (κ1) is 14.7. The maximum Gasteiger partial charge on any atom is 0.323 e. The molecule has 2 amide bonds. The highest BCUT2D eigenvalue weighted by Gasteiger charge is 2.21. The van der Waals surface area contributed by atoms with Crippen LogP contribution in [0.2, 0.25) is 0 Å². The summed E-state index contributed by atoms with van der Waals surface area (Å²) in [5.41, 5.74) is -0.356. The Kier molecular flexibility index (Phi) is 5.27. The van der Waals surface area contributed by atoms with E-state index in [0.717, 1.165) is 0 Å². The second-order valence-corrected chi connectivity index (χ2v) is 5.35. The Labute approximate surface area is 96.8 Å². The number of urea groups is 1. The van der Waals surface area contributed by atoms with E-state index in [1.165, 1.54) is 4.90 Å². The van der Waals surface area contributed by atoms with Crippen molar-refractivity contribution in [3.05, 3.63) is 0 Å². The van der Waals surface area contributed by atoms with Crippen LogP contribution in [0, 0.1) is 5.92 Å². The first-order valence-electron chi connectivity index (χ1n) is 5.40. The molecule has 94 valence electrons. The molecular weight excluding hydrogens is 208 g/mol. The van der Waals surface area contributed by atoms with Crippen LogP contribution in [0.1, 0.15) is 34.6 Å². The molecule has 0 atom stereocenters. The number of hydrogen-bond acceptors (Lipinski definition) is 2. The Morgan fingerprint density at radius 3 is 2.12 bits per heavy atom. The Morgan fingerprint density at radius 2 is 1.81 bits per heavy atom. The maximum absolute atomic E-state index is 11.8. The quantitative estimate of drug-likeness (QED) is 0.769. The minimum absolute atomic E-state index is 0.241. The summed E-state index contributed by atoms with van der Waals surface area (Å²) in [4.78, 5) is 23.7. The topological polar surface area (TPSA) is 69.6 Å². The van der Waals surface area contributed by atoms with Gasteiger partial charge in [-0.15, -0.1) is 0 Å². The molecule has 0 aliphatic rings. The van der Waals surface area contributed by atoms with Gasteiger partial charge >= 0.3 is 12.0 Å². The lowest BCUT2D eigenvalue weighted by molar-refractivity contribution is -0.137. The van der Waals surface area contributed by atoms with Gasteiger partial charge in [0.1, 0.15) is 6.54 Å². The lowest BCUT2D eigenvalue weighted by Gasteiger charge is -2.28. The molecule has 0 radical (unpaired) electrons. The molecule has 0 aromatic rings. The molecule has 16 heavy (non-hydrogen) atoms. The van der Waals surface area contributed by atoms with Crippen molar-refractivity contribution in [1.82, 2.24) is 10.2 Å². The summed E-state index contributed by atoms with van der Waals surface area (Å²) in [5, 5.41) is 11.5. The summed E-state index contributed by atoms with van der Waals surface area (Å²) in [6.07, 6.45) is 0. The maximum atomic E-state index is 11.8. The molecule has 0 spiro atoms. The van der Waals surface area contributed by atoms with Crippen LogP contribution >= 0.6 is 0 Å². The standard InChI is InChI=1S/C11H22N2O3/c1-8(2)6-13(7-9(14)15)10(16)12-11(3,4)5/h8H,6-7H2,1-5H3,(H,12,16)(H,14,15). The molecule has 0 unspecified atom stereocenters. The zero-order valence-electron chi connectivity index (χ0n) is 10.7. The van der Waals surface area contributed by atoms with Crippen molar-refractivity contribution in [3.63, 3.8) is 0 Å². The van der Waals surface area contributed by atoms with Gasteiger partial charge in [0, 0.05) is 12.1 Å². The van der Waals surface area contributed by atoms with Crippen LogP contribution in [0.4, 0.5) is 4.79 Å². The van der Waals surface area contributed by atoms with Crippen molar-refractivity contribution in [3.8, 4) is 0 Å². The molecule has 0 rings (SSSR count). The van der Waals surface area contributed by atoms with E-state index in [1.807, 2.05) is 34.6 Å². The van der Waals surface area contributed by atoms with Gasteiger partial charge in [-0.2, -0.15) is 0 Å². The molecule has 0 fully saturated rings. The molecule has 0 aliphatic heterocycles. The monoisotopic (exact) mass is 230 g/mol. The van der Waals surface area contributed by atoms with E-state index in [0.29, 0.717) is 6.54 Å². The number of hydrogen-bond donors (Lipinski definition) is 2. The molecule has 2 N–H and O–H groups in total. The molecule has 0 aromatic carbocycles. The molecule has 0 saturated heterocycles. The summed E-state index contributed by atoms with van der Waals surface area (Å²) >= 11 is 0. The molecule has 0 bridgehead atoms. The minimum Gasteiger partial charge on any atom is -0.480 e. The molecule has 5 heteroatoms. The lowest BCUT2D eigenvalue weighted by atomic mass is 10.1. The van der Waals surface area contributed by atoms with Gasteiger partial charge in [0.25, 0.3) is 0 Å². The highest BCUT2D eigenvalue weighted by molar-refractivity contribution is 5.80. The molecule has 0 aromatic heterocycles. The minimum atomic E-state index is -0.996. The largest absolute Gasteiger partial charge is 0.480 e. The zero-order valence-corrected chi connectivity index (χ0v) is 10.7. The van der Waals surface area contributed by atoms with Crippen LogP contribution in [0.25, 0.3) is 0 Å². The van der Waals surface area contributed by atoms with Crippen LogP contribution in [0.15, 0.2) is 0 Å². The number of carbonyl (C=O) groups excluding carboxylic acids is 1. The highest BCUT2D eigenvalue weighted by atomic mass is 16.4. The normalized spacial score (nSPS) is 11.4. The first-order chi connectivity index (χ1) is 7.11. The summed E-state index contributed by atoms with van der Waals surface area (Å²) in [5.74, 6) is -0.755. The Morgan fingerprint density at radius 1 is 1.31 bits per heavy atom. The number of nitrogens with one attached hydrogen (secondary N) is 1. The van der Waals surface area contributed by atoms with Gasteiger partial charge in [-0.1, -0.05) is 13.8 Å². The molecule has 5 nitrogen and oxygen atoms in total. The summed E-state index contributed by atoms with van der Waals surface area (Å²) < 4.78 is 0. The Hall–Kier alpha value is -1.26. The number of aliphatic carboxylic acids is 1. The number of carboxylic acids is 1. The number of carboxylic acid groups (broad SMARTS) is 1. The predicted molar refractivity (Wildman–Crippen MR) is 62.3 cm³/mol. The summed E-state index contributed by atoms with van der Waals surface area (Å²) in [6, 6.07) is -0.330. The molecule has 0 aliphatic carbocycles.